The van der Waals surface area contributed by atoms with Crippen molar-refractivity contribution in [1.29, 1.82) is 0 Å². The molecule has 2 N–H and O–H groups in total. The highest BCUT2D eigenvalue weighted by Crippen LogP contribution is 2.25. The molecule has 1 heterocycles. The Bertz CT molecular complexity index is 578. The van der Waals surface area contributed by atoms with Crippen molar-refractivity contribution < 1.29 is 8.81 Å². The Morgan fingerprint density at radius 1 is 1.30 bits per heavy atom. The molecule has 108 valence electrons. The van der Waals surface area contributed by atoms with Gasteiger partial charge in [-0.2, -0.15) is 0 Å². The Hall–Kier alpha value is -1.81. The fourth-order valence-electron chi connectivity index (χ4n) is 2.32. The molecule has 0 radical (unpaired) electrons. The van der Waals surface area contributed by atoms with Gasteiger partial charge in [0.25, 0.3) is 0 Å². The van der Waals surface area contributed by atoms with E-state index in [1.165, 1.54) is 6.07 Å². The van der Waals surface area contributed by atoms with Gasteiger partial charge in [-0.05, 0) is 44.5 Å². The molecule has 0 fully saturated rings. The van der Waals surface area contributed by atoms with Crippen LogP contribution in [0.2, 0.25) is 0 Å². The van der Waals surface area contributed by atoms with E-state index in [2.05, 4.69) is 0 Å². The SMILES string of the molecule is Cc1ccc(CN(C)c2cccc(F)c2CC(C)N)o1. The average molecular weight is 276 g/mol. The maximum absolute atomic E-state index is 14.0. The summed E-state index contributed by atoms with van der Waals surface area (Å²) < 4.78 is 19.6. The first kappa shape index (κ1) is 14.6. The number of benzene rings is 1. The zero-order chi connectivity index (χ0) is 14.7. The molecule has 0 spiro atoms. The Morgan fingerprint density at radius 3 is 2.65 bits per heavy atom. The molecule has 0 amide bonds. The first-order valence-corrected chi connectivity index (χ1v) is 6.77. The van der Waals surface area contributed by atoms with Crippen molar-refractivity contribution in [3.63, 3.8) is 0 Å². The molecule has 0 aliphatic carbocycles. The summed E-state index contributed by atoms with van der Waals surface area (Å²) in [4.78, 5) is 1.99. The van der Waals surface area contributed by atoms with Crippen molar-refractivity contribution >= 4 is 5.69 Å². The fourth-order valence-corrected chi connectivity index (χ4v) is 2.32. The number of furan rings is 1. The van der Waals surface area contributed by atoms with Crippen molar-refractivity contribution in [3.8, 4) is 0 Å². The largest absolute Gasteiger partial charge is 0.464 e. The number of halogens is 1. The van der Waals surface area contributed by atoms with Crippen LogP contribution >= 0.6 is 0 Å². The predicted octanol–water partition coefficient (Wildman–Crippen LogP) is 3.25. The maximum Gasteiger partial charge on any atom is 0.128 e. The number of anilines is 1. The van der Waals surface area contributed by atoms with E-state index in [1.54, 1.807) is 6.07 Å². The number of nitrogens with two attached hydrogens (primary N) is 1. The second-order valence-electron chi connectivity index (χ2n) is 5.29. The molecule has 3 nitrogen and oxygen atoms in total. The van der Waals surface area contributed by atoms with Gasteiger partial charge in [-0.25, -0.2) is 4.39 Å². The summed E-state index contributed by atoms with van der Waals surface area (Å²) in [7, 11) is 1.93. The summed E-state index contributed by atoms with van der Waals surface area (Å²) in [5.41, 5.74) is 7.33. The molecule has 0 saturated carbocycles. The van der Waals surface area contributed by atoms with Crippen LogP contribution in [0, 0.1) is 12.7 Å². The smallest absolute Gasteiger partial charge is 0.128 e. The lowest BCUT2D eigenvalue weighted by atomic mass is 10.0. The lowest BCUT2D eigenvalue weighted by Crippen LogP contribution is -2.23. The highest BCUT2D eigenvalue weighted by atomic mass is 19.1. The third-order valence-electron chi connectivity index (χ3n) is 3.22. The number of nitrogens with zero attached hydrogens (tertiary/aromatic N) is 1. The highest BCUT2D eigenvalue weighted by molar-refractivity contribution is 5.54. The van der Waals surface area contributed by atoms with E-state index in [4.69, 9.17) is 10.2 Å². The van der Waals surface area contributed by atoms with Gasteiger partial charge in [0.1, 0.15) is 17.3 Å². The quantitative estimate of drug-likeness (QED) is 0.911. The van der Waals surface area contributed by atoms with Crippen molar-refractivity contribution in [3.05, 3.63) is 53.2 Å². The molecule has 1 unspecified atom stereocenters. The molecular formula is C16H21FN2O. The zero-order valence-electron chi connectivity index (χ0n) is 12.2. The Kier molecular flexibility index (Phi) is 4.45. The zero-order valence-corrected chi connectivity index (χ0v) is 12.2. The van der Waals surface area contributed by atoms with Gasteiger partial charge >= 0.3 is 0 Å². The molecule has 4 heteroatoms. The molecule has 20 heavy (non-hydrogen) atoms. The third-order valence-corrected chi connectivity index (χ3v) is 3.22. The molecule has 1 atom stereocenters. The van der Waals surface area contributed by atoms with Gasteiger partial charge in [0, 0.05) is 24.3 Å². The number of hydrogen-bond donors (Lipinski definition) is 1. The standard InChI is InChI=1S/C16H21FN2O/c1-11(18)9-14-15(17)5-4-6-16(14)19(3)10-13-8-7-12(2)20-13/h4-8,11H,9-10,18H2,1-3H3. The first-order chi connectivity index (χ1) is 9.47. The van der Waals surface area contributed by atoms with E-state index in [-0.39, 0.29) is 11.9 Å². The molecule has 2 aromatic rings. The average Bonchev–Trinajstić information content (AvgIpc) is 2.76. The van der Waals surface area contributed by atoms with Crippen molar-refractivity contribution in [1.82, 2.24) is 0 Å². The minimum atomic E-state index is -0.206. The van der Waals surface area contributed by atoms with Crippen LogP contribution in [0.15, 0.2) is 34.7 Å². The van der Waals surface area contributed by atoms with Gasteiger partial charge in [-0.15, -0.1) is 0 Å². The van der Waals surface area contributed by atoms with Gasteiger partial charge < -0.3 is 15.1 Å². The van der Waals surface area contributed by atoms with Gasteiger partial charge in [0.15, 0.2) is 0 Å². The van der Waals surface area contributed by atoms with E-state index < -0.39 is 0 Å². The van der Waals surface area contributed by atoms with Gasteiger partial charge in [-0.3, -0.25) is 0 Å². The first-order valence-electron chi connectivity index (χ1n) is 6.77. The van der Waals surface area contributed by atoms with E-state index in [1.807, 2.05) is 44.0 Å². The monoisotopic (exact) mass is 276 g/mol. The van der Waals surface area contributed by atoms with Crippen molar-refractivity contribution in [2.75, 3.05) is 11.9 Å². The summed E-state index contributed by atoms with van der Waals surface area (Å²) in [6.45, 7) is 4.39. The minimum absolute atomic E-state index is 0.0788. The van der Waals surface area contributed by atoms with Gasteiger partial charge in [-0.1, -0.05) is 6.07 Å². The summed E-state index contributed by atoms with van der Waals surface area (Å²) >= 11 is 0. The molecule has 2 rings (SSSR count). The number of rotatable bonds is 5. The number of aryl methyl sites for hydroxylation is 1. The highest BCUT2D eigenvalue weighted by Gasteiger charge is 2.14. The molecule has 0 saturated heterocycles. The van der Waals surface area contributed by atoms with Crippen LogP contribution in [-0.4, -0.2) is 13.1 Å². The molecule has 0 aliphatic heterocycles. The van der Waals surface area contributed by atoms with E-state index in [9.17, 15) is 4.39 Å². The summed E-state index contributed by atoms with van der Waals surface area (Å²) in [6, 6.07) is 8.90. The van der Waals surface area contributed by atoms with Crippen LogP contribution in [0.5, 0.6) is 0 Å². The lowest BCUT2D eigenvalue weighted by molar-refractivity contribution is 0.481. The van der Waals surface area contributed by atoms with Crippen LogP contribution in [0.25, 0.3) is 0 Å². The molecule has 0 aliphatic rings. The Labute approximate surface area is 119 Å². The fraction of sp³-hybridized carbons (Fsp3) is 0.375. The van der Waals surface area contributed by atoms with Crippen LogP contribution in [0.4, 0.5) is 10.1 Å². The van der Waals surface area contributed by atoms with Crippen molar-refractivity contribution in [2.24, 2.45) is 5.73 Å². The third kappa shape index (κ3) is 3.39. The van der Waals surface area contributed by atoms with Gasteiger partial charge in [0.05, 0.1) is 6.54 Å². The molecule has 1 aromatic heterocycles. The Balaban J connectivity index is 2.24. The van der Waals surface area contributed by atoms with Crippen molar-refractivity contribution in [2.45, 2.75) is 32.9 Å². The van der Waals surface area contributed by atoms with E-state index in [0.717, 1.165) is 17.2 Å². The topological polar surface area (TPSA) is 42.4 Å². The van der Waals surface area contributed by atoms with Gasteiger partial charge in [0.2, 0.25) is 0 Å². The normalized spacial score (nSPS) is 12.4. The molecule has 1 aromatic carbocycles. The van der Waals surface area contributed by atoms with Crippen LogP contribution < -0.4 is 10.6 Å². The minimum Gasteiger partial charge on any atom is -0.464 e. The molecular weight excluding hydrogens is 255 g/mol. The van der Waals surface area contributed by atoms with E-state index in [0.29, 0.717) is 18.5 Å². The van der Waals surface area contributed by atoms with Crippen LogP contribution in [0.3, 0.4) is 0 Å². The molecule has 0 bridgehead atoms. The second kappa shape index (κ2) is 6.09. The Morgan fingerprint density at radius 2 is 2.05 bits per heavy atom. The second-order valence-corrected chi connectivity index (χ2v) is 5.29. The van der Waals surface area contributed by atoms with Crippen LogP contribution in [0.1, 0.15) is 24.0 Å². The summed E-state index contributed by atoms with van der Waals surface area (Å²) in [6.07, 6.45) is 0.517. The van der Waals surface area contributed by atoms with E-state index >= 15 is 0 Å². The number of hydrogen-bond acceptors (Lipinski definition) is 3. The van der Waals surface area contributed by atoms with Crippen LogP contribution in [-0.2, 0) is 13.0 Å². The maximum atomic E-state index is 14.0. The summed E-state index contributed by atoms with van der Waals surface area (Å²) in [5.74, 6) is 1.53. The summed E-state index contributed by atoms with van der Waals surface area (Å²) in [5, 5.41) is 0. The lowest BCUT2D eigenvalue weighted by Gasteiger charge is -2.22. The predicted molar refractivity (Wildman–Crippen MR) is 79.3 cm³/mol.